The zero-order valence-electron chi connectivity index (χ0n) is 14.1. The monoisotopic (exact) mass is 343 g/mol. The molecule has 2 aromatic heterocycles. The second-order valence-corrected chi connectivity index (χ2v) is 6.74. The van der Waals surface area contributed by atoms with Crippen LogP contribution in [-0.4, -0.2) is 62.4 Å². The molecule has 1 N–H and O–H groups in total. The number of aromatic nitrogens is 4. The highest BCUT2D eigenvalue weighted by Crippen LogP contribution is 2.36. The van der Waals surface area contributed by atoms with Crippen molar-refractivity contribution in [1.82, 2.24) is 25.1 Å². The number of carbonyl (C=O) groups excluding carboxylic acids is 1. The maximum Gasteiger partial charge on any atom is 0.316 e. The molecule has 2 fully saturated rings. The van der Waals surface area contributed by atoms with Gasteiger partial charge < -0.3 is 14.4 Å². The Labute approximate surface area is 145 Å². The first-order valence-corrected chi connectivity index (χ1v) is 8.52. The highest BCUT2D eigenvalue weighted by Gasteiger charge is 2.45. The number of hydrogen-bond donors (Lipinski definition) is 1. The summed E-state index contributed by atoms with van der Waals surface area (Å²) in [6, 6.07) is 3.89. The summed E-state index contributed by atoms with van der Waals surface area (Å²) >= 11 is 0. The van der Waals surface area contributed by atoms with Crippen LogP contribution >= 0.6 is 0 Å². The Bertz CT molecular complexity index is 750. The standard InChI is InChI=1S/C17H21N5O3/c1-12-8-14(21-20-12)15(23)22-7-2-4-17(11-22)9-13(10-24-17)25-16-18-5-3-6-19-16/h3,5-6,8,13H,2,4,7,9-11H2,1H3,(H,20,21)/t13-,17+/m1/s1. The number of rotatable bonds is 3. The first-order valence-electron chi connectivity index (χ1n) is 8.52. The van der Waals surface area contributed by atoms with Gasteiger partial charge in [0.2, 0.25) is 0 Å². The van der Waals surface area contributed by atoms with Crippen molar-refractivity contribution in [2.75, 3.05) is 19.7 Å². The second kappa shape index (κ2) is 6.44. The van der Waals surface area contributed by atoms with E-state index in [1.807, 2.05) is 11.8 Å². The molecule has 0 bridgehead atoms. The van der Waals surface area contributed by atoms with Crippen molar-refractivity contribution >= 4 is 5.91 Å². The molecular weight excluding hydrogens is 322 g/mol. The van der Waals surface area contributed by atoms with E-state index in [0.717, 1.165) is 31.5 Å². The molecule has 4 heterocycles. The molecule has 0 unspecified atom stereocenters. The van der Waals surface area contributed by atoms with Crippen molar-refractivity contribution < 1.29 is 14.3 Å². The first kappa shape index (κ1) is 16.0. The fraction of sp³-hybridized carbons (Fsp3) is 0.529. The summed E-state index contributed by atoms with van der Waals surface area (Å²) in [4.78, 5) is 22.7. The lowest BCUT2D eigenvalue weighted by molar-refractivity contribution is -0.0455. The average molecular weight is 343 g/mol. The van der Waals surface area contributed by atoms with E-state index >= 15 is 0 Å². The predicted molar refractivity (Wildman–Crippen MR) is 88.2 cm³/mol. The Balaban J connectivity index is 1.41. The summed E-state index contributed by atoms with van der Waals surface area (Å²) in [6.45, 7) is 3.66. The van der Waals surface area contributed by atoms with Crippen molar-refractivity contribution in [3.63, 3.8) is 0 Å². The van der Waals surface area contributed by atoms with Crippen LogP contribution in [0.4, 0.5) is 0 Å². The molecule has 0 saturated carbocycles. The van der Waals surface area contributed by atoms with Gasteiger partial charge in [0.25, 0.3) is 5.91 Å². The topological polar surface area (TPSA) is 93.2 Å². The molecule has 25 heavy (non-hydrogen) atoms. The van der Waals surface area contributed by atoms with Crippen LogP contribution in [0, 0.1) is 6.92 Å². The van der Waals surface area contributed by atoms with Gasteiger partial charge >= 0.3 is 6.01 Å². The Morgan fingerprint density at radius 1 is 1.44 bits per heavy atom. The van der Waals surface area contributed by atoms with E-state index in [9.17, 15) is 4.79 Å². The maximum absolute atomic E-state index is 12.7. The van der Waals surface area contributed by atoms with Crippen LogP contribution in [0.1, 0.15) is 35.4 Å². The molecule has 1 spiro atoms. The largest absolute Gasteiger partial charge is 0.458 e. The molecule has 2 aromatic rings. The lowest BCUT2D eigenvalue weighted by atomic mass is 9.89. The number of nitrogens with one attached hydrogen (secondary N) is 1. The van der Waals surface area contributed by atoms with Crippen molar-refractivity contribution in [3.8, 4) is 6.01 Å². The lowest BCUT2D eigenvalue weighted by Crippen LogP contribution is -2.50. The number of likely N-dealkylation sites (tertiary alicyclic amines) is 1. The minimum Gasteiger partial charge on any atom is -0.458 e. The summed E-state index contributed by atoms with van der Waals surface area (Å²) in [5.41, 5.74) is 0.986. The zero-order valence-corrected chi connectivity index (χ0v) is 14.1. The second-order valence-electron chi connectivity index (χ2n) is 6.74. The van der Waals surface area contributed by atoms with Gasteiger partial charge in [-0.3, -0.25) is 9.89 Å². The summed E-state index contributed by atoms with van der Waals surface area (Å²) in [7, 11) is 0. The van der Waals surface area contributed by atoms with Crippen molar-refractivity contribution in [3.05, 3.63) is 35.9 Å². The number of piperidine rings is 1. The molecule has 0 radical (unpaired) electrons. The number of hydrogen-bond acceptors (Lipinski definition) is 6. The maximum atomic E-state index is 12.7. The third kappa shape index (κ3) is 3.34. The van der Waals surface area contributed by atoms with Crippen LogP contribution in [0.5, 0.6) is 6.01 Å². The highest BCUT2D eigenvalue weighted by atomic mass is 16.6. The Hall–Kier alpha value is -2.48. The van der Waals surface area contributed by atoms with Crippen LogP contribution in [0.25, 0.3) is 0 Å². The third-order valence-corrected chi connectivity index (χ3v) is 4.74. The molecule has 2 atom stereocenters. The minimum absolute atomic E-state index is 0.0530. The van der Waals surface area contributed by atoms with Gasteiger partial charge in [-0.1, -0.05) is 0 Å². The number of aromatic amines is 1. The lowest BCUT2D eigenvalue weighted by Gasteiger charge is -2.39. The van der Waals surface area contributed by atoms with E-state index in [1.54, 1.807) is 24.5 Å². The summed E-state index contributed by atoms with van der Waals surface area (Å²) in [5.74, 6) is -0.0530. The van der Waals surface area contributed by atoms with Gasteiger partial charge in [-0.2, -0.15) is 5.10 Å². The number of nitrogens with zero attached hydrogens (tertiary/aromatic N) is 4. The van der Waals surface area contributed by atoms with E-state index < -0.39 is 0 Å². The molecule has 2 aliphatic rings. The van der Waals surface area contributed by atoms with E-state index in [-0.39, 0.29) is 17.6 Å². The molecule has 0 aliphatic carbocycles. The van der Waals surface area contributed by atoms with Crippen molar-refractivity contribution in [1.29, 1.82) is 0 Å². The van der Waals surface area contributed by atoms with Crippen LogP contribution in [0.15, 0.2) is 24.5 Å². The summed E-state index contributed by atoms with van der Waals surface area (Å²) in [5, 5.41) is 6.90. The first-order chi connectivity index (χ1) is 12.1. The SMILES string of the molecule is Cc1cc(C(=O)N2CCC[C@]3(C[C@@H](Oc4ncccn4)CO3)C2)n[nH]1. The molecular formula is C17H21N5O3. The Morgan fingerprint density at radius 3 is 3.04 bits per heavy atom. The molecule has 8 heteroatoms. The molecule has 1 amide bonds. The molecule has 2 saturated heterocycles. The minimum atomic E-state index is -0.349. The fourth-order valence-corrected chi connectivity index (χ4v) is 3.62. The highest BCUT2D eigenvalue weighted by molar-refractivity contribution is 5.92. The van der Waals surface area contributed by atoms with Crippen LogP contribution in [0.3, 0.4) is 0 Å². The fourth-order valence-electron chi connectivity index (χ4n) is 3.62. The van der Waals surface area contributed by atoms with E-state index in [1.165, 1.54) is 0 Å². The normalized spacial score (nSPS) is 26.1. The number of H-pyrrole nitrogens is 1. The quantitative estimate of drug-likeness (QED) is 0.904. The van der Waals surface area contributed by atoms with Crippen LogP contribution < -0.4 is 4.74 Å². The van der Waals surface area contributed by atoms with Gasteiger partial charge in [0.15, 0.2) is 0 Å². The van der Waals surface area contributed by atoms with Crippen molar-refractivity contribution in [2.45, 2.75) is 37.9 Å². The van der Waals surface area contributed by atoms with Gasteiger partial charge in [-0.25, -0.2) is 9.97 Å². The zero-order chi connectivity index (χ0) is 17.3. The average Bonchev–Trinajstić information content (AvgIpc) is 3.22. The molecule has 0 aromatic carbocycles. The molecule has 132 valence electrons. The van der Waals surface area contributed by atoms with Gasteiger partial charge in [-0.15, -0.1) is 0 Å². The summed E-state index contributed by atoms with van der Waals surface area (Å²) in [6.07, 6.45) is 5.77. The predicted octanol–water partition coefficient (Wildman–Crippen LogP) is 1.35. The molecule has 2 aliphatic heterocycles. The number of carbonyl (C=O) groups is 1. The third-order valence-electron chi connectivity index (χ3n) is 4.74. The van der Waals surface area contributed by atoms with Crippen LogP contribution in [0.2, 0.25) is 0 Å². The number of ether oxygens (including phenoxy) is 2. The summed E-state index contributed by atoms with van der Waals surface area (Å²) < 4.78 is 11.9. The van der Waals surface area contributed by atoms with Crippen LogP contribution in [-0.2, 0) is 4.74 Å². The molecule has 4 rings (SSSR count). The smallest absolute Gasteiger partial charge is 0.316 e. The van der Waals surface area contributed by atoms with Gasteiger partial charge in [0, 0.05) is 31.1 Å². The van der Waals surface area contributed by atoms with Gasteiger partial charge in [0.05, 0.1) is 18.8 Å². The molecule has 8 nitrogen and oxygen atoms in total. The van der Waals surface area contributed by atoms with Crippen molar-refractivity contribution in [2.24, 2.45) is 0 Å². The van der Waals surface area contributed by atoms with Gasteiger partial charge in [0.1, 0.15) is 11.8 Å². The van der Waals surface area contributed by atoms with E-state index in [4.69, 9.17) is 9.47 Å². The van der Waals surface area contributed by atoms with Gasteiger partial charge in [-0.05, 0) is 31.9 Å². The van der Waals surface area contributed by atoms with E-state index in [2.05, 4.69) is 20.2 Å². The number of aryl methyl sites for hydroxylation is 1. The number of amides is 1. The Morgan fingerprint density at radius 2 is 2.28 bits per heavy atom. The van der Waals surface area contributed by atoms with E-state index in [0.29, 0.717) is 24.9 Å². The Kier molecular flexibility index (Phi) is 4.12.